The molecule has 1 aliphatic carbocycles. The van der Waals surface area contributed by atoms with E-state index >= 15 is 0 Å². The first-order chi connectivity index (χ1) is 8.75. The van der Waals surface area contributed by atoms with E-state index in [1.54, 1.807) is 11.1 Å². The van der Waals surface area contributed by atoms with E-state index in [4.69, 9.17) is 0 Å². The highest BCUT2D eigenvalue weighted by molar-refractivity contribution is 5.39. The molecule has 0 aromatic heterocycles. The summed E-state index contributed by atoms with van der Waals surface area (Å²) in [6.07, 6.45) is 2.33. The molecule has 0 radical (unpaired) electrons. The van der Waals surface area contributed by atoms with Gasteiger partial charge in [0.1, 0.15) is 0 Å². The third-order valence-corrected chi connectivity index (χ3v) is 4.22. The second-order valence-corrected chi connectivity index (χ2v) is 5.61. The lowest BCUT2D eigenvalue weighted by Crippen LogP contribution is -2.12. The Morgan fingerprint density at radius 2 is 1.06 bits per heavy atom. The van der Waals surface area contributed by atoms with E-state index in [9.17, 15) is 0 Å². The second kappa shape index (κ2) is 4.61. The van der Waals surface area contributed by atoms with Crippen LogP contribution < -0.4 is 0 Å². The zero-order valence-electron chi connectivity index (χ0n) is 11.2. The SMILES string of the molecule is CC1Cc2ccccc2C(C)Cc2ccccc21. The number of hydrogen-bond donors (Lipinski definition) is 0. The van der Waals surface area contributed by atoms with E-state index in [0.29, 0.717) is 11.8 Å². The van der Waals surface area contributed by atoms with Crippen LogP contribution in [0, 0.1) is 0 Å². The summed E-state index contributed by atoms with van der Waals surface area (Å²) in [4.78, 5) is 0. The Bertz CT molecular complexity index is 502. The van der Waals surface area contributed by atoms with Crippen LogP contribution in [0.5, 0.6) is 0 Å². The standard InChI is InChI=1S/C18H20/c1-13-11-15-7-4-6-10-18(15)14(2)12-16-8-3-5-9-17(13)16/h3-10,13-14H,11-12H2,1-2H3. The summed E-state index contributed by atoms with van der Waals surface area (Å²) in [6, 6.07) is 17.9. The number of benzene rings is 2. The highest BCUT2D eigenvalue weighted by Gasteiger charge is 2.20. The van der Waals surface area contributed by atoms with Crippen LogP contribution in [-0.4, -0.2) is 0 Å². The summed E-state index contributed by atoms with van der Waals surface area (Å²) in [5.41, 5.74) is 6.15. The fraction of sp³-hybridized carbons (Fsp3) is 0.333. The van der Waals surface area contributed by atoms with Crippen LogP contribution in [0.3, 0.4) is 0 Å². The Morgan fingerprint density at radius 3 is 1.50 bits per heavy atom. The van der Waals surface area contributed by atoms with Crippen LogP contribution in [0.15, 0.2) is 48.5 Å². The van der Waals surface area contributed by atoms with Gasteiger partial charge in [0, 0.05) is 0 Å². The predicted molar refractivity (Wildman–Crippen MR) is 77.1 cm³/mol. The van der Waals surface area contributed by atoms with E-state index < -0.39 is 0 Å². The summed E-state index contributed by atoms with van der Waals surface area (Å²) in [5.74, 6) is 1.24. The van der Waals surface area contributed by atoms with Crippen LogP contribution in [0.1, 0.15) is 47.9 Å². The van der Waals surface area contributed by atoms with E-state index in [2.05, 4.69) is 62.4 Å². The van der Waals surface area contributed by atoms with Gasteiger partial charge >= 0.3 is 0 Å². The van der Waals surface area contributed by atoms with Crippen LogP contribution >= 0.6 is 0 Å². The van der Waals surface area contributed by atoms with Gasteiger partial charge < -0.3 is 0 Å². The molecule has 0 heteroatoms. The molecule has 2 atom stereocenters. The van der Waals surface area contributed by atoms with E-state index in [1.807, 2.05) is 0 Å². The number of hydrogen-bond acceptors (Lipinski definition) is 0. The average molecular weight is 236 g/mol. The molecular weight excluding hydrogens is 216 g/mol. The molecule has 2 unspecified atom stereocenters. The summed E-state index contributed by atoms with van der Waals surface area (Å²) >= 11 is 0. The molecular formula is C18H20. The molecule has 2 aromatic rings. The fourth-order valence-electron chi connectivity index (χ4n) is 3.28. The average Bonchev–Trinajstić information content (AvgIpc) is 2.38. The maximum Gasteiger partial charge on any atom is -0.0147 e. The van der Waals surface area contributed by atoms with Gasteiger partial charge in [0.15, 0.2) is 0 Å². The molecule has 0 fully saturated rings. The largest absolute Gasteiger partial charge is 0.0620 e. The van der Waals surface area contributed by atoms with Crippen molar-refractivity contribution in [3.8, 4) is 0 Å². The van der Waals surface area contributed by atoms with Crippen molar-refractivity contribution < 1.29 is 0 Å². The molecule has 0 bridgehead atoms. The summed E-state index contributed by atoms with van der Waals surface area (Å²) < 4.78 is 0. The molecule has 0 nitrogen and oxygen atoms in total. The Hall–Kier alpha value is -1.56. The van der Waals surface area contributed by atoms with Gasteiger partial charge in [-0.3, -0.25) is 0 Å². The lowest BCUT2D eigenvalue weighted by molar-refractivity contribution is 0.667. The van der Waals surface area contributed by atoms with E-state index in [0.717, 1.165) is 12.8 Å². The minimum atomic E-state index is 0.620. The lowest BCUT2D eigenvalue weighted by atomic mass is 9.79. The Kier molecular flexibility index (Phi) is 2.95. The van der Waals surface area contributed by atoms with Crippen molar-refractivity contribution in [1.29, 1.82) is 0 Å². The van der Waals surface area contributed by atoms with Gasteiger partial charge in [0.05, 0.1) is 0 Å². The molecule has 1 aliphatic rings. The quantitative estimate of drug-likeness (QED) is 0.622. The Morgan fingerprint density at radius 1 is 0.667 bits per heavy atom. The summed E-state index contributed by atoms with van der Waals surface area (Å²) in [7, 11) is 0. The first-order valence-electron chi connectivity index (χ1n) is 6.91. The fourth-order valence-corrected chi connectivity index (χ4v) is 3.28. The van der Waals surface area contributed by atoms with Crippen LogP contribution in [0.25, 0.3) is 0 Å². The van der Waals surface area contributed by atoms with Crippen LogP contribution in [-0.2, 0) is 12.8 Å². The molecule has 0 saturated heterocycles. The third-order valence-electron chi connectivity index (χ3n) is 4.22. The molecule has 0 spiro atoms. The molecule has 18 heavy (non-hydrogen) atoms. The topological polar surface area (TPSA) is 0 Å². The number of rotatable bonds is 0. The van der Waals surface area contributed by atoms with Gasteiger partial charge in [-0.15, -0.1) is 0 Å². The van der Waals surface area contributed by atoms with Gasteiger partial charge in [-0.05, 0) is 46.9 Å². The molecule has 0 aliphatic heterocycles. The molecule has 0 amide bonds. The molecule has 2 aromatic carbocycles. The highest BCUT2D eigenvalue weighted by Crippen LogP contribution is 2.34. The Balaban J connectivity index is 2.09. The van der Waals surface area contributed by atoms with Crippen molar-refractivity contribution in [3.05, 3.63) is 70.8 Å². The van der Waals surface area contributed by atoms with Crippen molar-refractivity contribution >= 4 is 0 Å². The summed E-state index contributed by atoms with van der Waals surface area (Å²) in [6.45, 7) is 4.71. The van der Waals surface area contributed by atoms with Crippen molar-refractivity contribution in [2.24, 2.45) is 0 Å². The van der Waals surface area contributed by atoms with Gasteiger partial charge in [-0.25, -0.2) is 0 Å². The van der Waals surface area contributed by atoms with Gasteiger partial charge in [0.25, 0.3) is 0 Å². The molecule has 0 heterocycles. The van der Waals surface area contributed by atoms with Crippen molar-refractivity contribution in [2.75, 3.05) is 0 Å². The monoisotopic (exact) mass is 236 g/mol. The minimum absolute atomic E-state index is 0.620. The van der Waals surface area contributed by atoms with E-state index in [1.165, 1.54) is 11.1 Å². The molecule has 0 saturated carbocycles. The van der Waals surface area contributed by atoms with Crippen LogP contribution in [0.2, 0.25) is 0 Å². The van der Waals surface area contributed by atoms with Crippen molar-refractivity contribution in [2.45, 2.75) is 38.5 Å². The van der Waals surface area contributed by atoms with Gasteiger partial charge in [-0.2, -0.15) is 0 Å². The number of fused-ring (bicyclic) bond motifs is 2. The van der Waals surface area contributed by atoms with Gasteiger partial charge in [-0.1, -0.05) is 62.4 Å². The normalized spacial score (nSPS) is 22.6. The summed E-state index contributed by atoms with van der Waals surface area (Å²) in [5, 5.41) is 0. The molecule has 0 N–H and O–H groups in total. The third kappa shape index (κ3) is 1.96. The highest BCUT2D eigenvalue weighted by atomic mass is 14.2. The maximum atomic E-state index is 2.35. The van der Waals surface area contributed by atoms with E-state index in [-0.39, 0.29) is 0 Å². The van der Waals surface area contributed by atoms with Crippen molar-refractivity contribution in [1.82, 2.24) is 0 Å². The first kappa shape index (κ1) is 11.5. The molecule has 92 valence electrons. The zero-order valence-corrected chi connectivity index (χ0v) is 11.2. The molecule has 3 rings (SSSR count). The van der Waals surface area contributed by atoms with Gasteiger partial charge in [0.2, 0.25) is 0 Å². The smallest absolute Gasteiger partial charge is 0.0147 e. The van der Waals surface area contributed by atoms with Crippen molar-refractivity contribution in [3.63, 3.8) is 0 Å². The minimum Gasteiger partial charge on any atom is -0.0620 e. The lowest BCUT2D eigenvalue weighted by Gasteiger charge is -2.25. The zero-order chi connectivity index (χ0) is 12.5. The Labute approximate surface area is 110 Å². The predicted octanol–water partition coefficient (Wildman–Crippen LogP) is 4.69. The maximum absolute atomic E-state index is 2.35. The van der Waals surface area contributed by atoms with Crippen LogP contribution in [0.4, 0.5) is 0 Å². The second-order valence-electron chi connectivity index (χ2n) is 5.61. The first-order valence-corrected chi connectivity index (χ1v) is 6.91.